The third-order valence-corrected chi connectivity index (χ3v) is 4.16. The van der Waals surface area contributed by atoms with Gasteiger partial charge in [-0.15, -0.1) is 5.10 Å². The van der Waals surface area contributed by atoms with E-state index in [4.69, 9.17) is 0 Å². The summed E-state index contributed by atoms with van der Waals surface area (Å²) in [5.74, 6) is 0.764. The average molecular weight is 243 g/mol. The number of anilines is 1. The van der Waals surface area contributed by atoms with Crippen molar-refractivity contribution >= 4 is 11.6 Å². The highest BCUT2D eigenvalue weighted by Crippen LogP contribution is 2.29. The highest BCUT2D eigenvalue weighted by atomic mass is 15.4. The van der Waals surface area contributed by atoms with Gasteiger partial charge in [-0.3, -0.25) is 4.90 Å². The number of nitrogens with zero attached hydrogens (tertiary/aromatic N) is 4. The van der Waals surface area contributed by atoms with Crippen molar-refractivity contribution in [3.63, 3.8) is 0 Å². The Morgan fingerprint density at radius 1 is 1.22 bits per heavy atom. The van der Waals surface area contributed by atoms with Crippen LogP contribution in [0.4, 0.5) is 5.95 Å². The van der Waals surface area contributed by atoms with E-state index < -0.39 is 0 Å². The van der Waals surface area contributed by atoms with Crippen LogP contribution >= 0.6 is 0 Å². The molecule has 0 aromatic carbocycles. The van der Waals surface area contributed by atoms with E-state index in [0.29, 0.717) is 12.1 Å². The maximum Gasteiger partial charge on any atom is 0.243 e. The first kappa shape index (κ1) is 10.3. The smallest absolute Gasteiger partial charge is 0.243 e. The molecule has 4 rings (SSSR count). The molecule has 5 heteroatoms. The molecule has 5 nitrogen and oxygen atoms in total. The van der Waals surface area contributed by atoms with Crippen molar-refractivity contribution in [2.45, 2.75) is 31.3 Å². The molecule has 2 saturated heterocycles. The summed E-state index contributed by atoms with van der Waals surface area (Å²) < 4.78 is 1.82. The Bertz CT molecular complexity index is 530. The number of pyridine rings is 1. The monoisotopic (exact) mass is 243 g/mol. The topological polar surface area (TPSA) is 45.5 Å². The fourth-order valence-corrected chi connectivity index (χ4v) is 3.31. The van der Waals surface area contributed by atoms with Crippen molar-refractivity contribution in [3.8, 4) is 0 Å². The Morgan fingerprint density at radius 2 is 2.22 bits per heavy atom. The lowest BCUT2D eigenvalue weighted by Crippen LogP contribution is -2.34. The van der Waals surface area contributed by atoms with Crippen LogP contribution in [0.5, 0.6) is 0 Å². The highest BCUT2D eigenvalue weighted by Gasteiger charge is 2.37. The Morgan fingerprint density at radius 3 is 3.17 bits per heavy atom. The summed E-state index contributed by atoms with van der Waals surface area (Å²) >= 11 is 0. The summed E-state index contributed by atoms with van der Waals surface area (Å²) in [6.07, 6.45) is 5.79. The van der Waals surface area contributed by atoms with Crippen LogP contribution in [0, 0.1) is 0 Å². The van der Waals surface area contributed by atoms with Crippen LogP contribution < -0.4 is 5.32 Å². The van der Waals surface area contributed by atoms with Gasteiger partial charge in [-0.2, -0.15) is 4.98 Å². The summed E-state index contributed by atoms with van der Waals surface area (Å²) in [6, 6.07) is 7.15. The lowest BCUT2D eigenvalue weighted by molar-refractivity contribution is 0.318. The number of aromatic nitrogens is 3. The van der Waals surface area contributed by atoms with E-state index in [1.807, 2.05) is 28.9 Å². The fraction of sp³-hybridized carbons (Fsp3) is 0.538. The van der Waals surface area contributed by atoms with E-state index in [9.17, 15) is 0 Å². The van der Waals surface area contributed by atoms with Crippen LogP contribution in [0.2, 0.25) is 0 Å². The Kier molecular flexibility index (Phi) is 2.26. The van der Waals surface area contributed by atoms with Gasteiger partial charge in [-0.05, 0) is 37.9 Å². The van der Waals surface area contributed by atoms with Crippen LogP contribution in [0.25, 0.3) is 5.65 Å². The summed E-state index contributed by atoms with van der Waals surface area (Å²) in [4.78, 5) is 7.10. The summed E-state index contributed by atoms with van der Waals surface area (Å²) in [6.45, 7) is 2.48. The zero-order valence-electron chi connectivity index (χ0n) is 10.3. The van der Waals surface area contributed by atoms with Crippen molar-refractivity contribution in [1.29, 1.82) is 0 Å². The van der Waals surface area contributed by atoms with Crippen LogP contribution in [0.15, 0.2) is 24.4 Å². The molecule has 0 radical (unpaired) electrons. The molecule has 0 amide bonds. The zero-order chi connectivity index (χ0) is 11.9. The predicted octanol–water partition coefficient (Wildman–Crippen LogP) is 1.38. The van der Waals surface area contributed by atoms with E-state index in [2.05, 4.69) is 20.3 Å². The molecular formula is C13H17N5. The Balaban J connectivity index is 1.57. The molecule has 2 aromatic rings. The van der Waals surface area contributed by atoms with E-state index in [-0.39, 0.29) is 0 Å². The van der Waals surface area contributed by atoms with Gasteiger partial charge in [0.25, 0.3) is 0 Å². The molecule has 2 fully saturated rings. The van der Waals surface area contributed by atoms with Crippen LogP contribution in [-0.2, 0) is 0 Å². The number of nitrogens with one attached hydrogen (secondary N) is 1. The van der Waals surface area contributed by atoms with Gasteiger partial charge in [0.05, 0.1) is 0 Å². The molecule has 0 bridgehead atoms. The van der Waals surface area contributed by atoms with E-state index >= 15 is 0 Å². The molecule has 0 spiro atoms. The lowest BCUT2D eigenvalue weighted by atomic mass is 10.1. The SMILES string of the molecule is c1ccn2nc(NC3CCN4CCCC34)nc2c1. The Hall–Kier alpha value is -1.62. The third-order valence-electron chi connectivity index (χ3n) is 4.16. The van der Waals surface area contributed by atoms with Gasteiger partial charge in [0.15, 0.2) is 5.65 Å². The lowest BCUT2D eigenvalue weighted by Gasteiger charge is -2.20. The molecule has 2 aromatic heterocycles. The van der Waals surface area contributed by atoms with Crippen molar-refractivity contribution in [2.75, 3.05) is 18.4 Å². The minimum atomic E-state index is 0.518. The van der Waals surface area contributed by atoms with Crippen LogP contribution in [0.1, 0.15) is 19.3 Å². The van der Waals surface area contributed by atoms with Gasteiger partial charge in [0, 0.05) is 24.8 Å². The minimum Gasteiger partial charge on any atom is -0.349 e. The number of fused-ring (bicyclic) bond motifs is 2. The predicted molar refractivity (Wildman–Crippen MR) is 69.6 cm³/mol. The van der Waals surface area contributed by atoms with Crippen LogP contribution in [0.3, 0.4) is 0 Å². The van der Waals surface area contributed by atoms with E-state index in [1.165, 1.54) is 32.4 Å². The van der Waals surface area contributed by atoms with Gasteiger partial charge in [-0.1, -0.05) is 6.07 Å². The van der Waals surface area contributed by atoms with Gasteiger partial charge in [-0.25, -0.2) is 4.52 Å². The first-order valence-corrected chi connectivity index (χ1v) is 6.72. The molecule has 2 aliphatic heterocycles. The maximum atomic E-state index is 4.51. The molecule has 94 valence electrons. The normalized spacial score (nSPS) is 27.8. The highest BCUT2D eigenvalue weighted by molar-refractivity contribution is 5.43. The summed E-state index contributed by atoms with van der Waals surface area (Å²) in [5.41, 5.74) is 0.904. The van der Waals surface area contributed by atoms with Crippen molar-refractivity contribution in [1.82, 2.24) is 19.5 Å². The third kappa shape index (κ3) is 1.58. The van der Waals surface area contributed by atoms with Gasteiger partial charge in [0.1, 0.15) is 0 Å². The second kappa shape index (κ2) is 3.95. The molecule has 0 aliphatic carbocycles. The first-order valence-electron chi connectivity index (χ1n) is 6.72. The molecule has 18 heavy (non-hydrogen) atoms. The van der Waals surface area contributed by atoms with Crippen LogP contribution in [-0.4, -0.2) is 44.7 Å². The number of hydrogen-bond donors (Lipinski definition) is 1. The summed E-state index contributed by atoms with van der Waals surface area (Å²) in [7, 11) is 0. The second-order valence-electron chi connectivity index (χ2n) is 5.22. The minimum absolute atomic E-state index is 0.518. The zero-order valence-corrected chi connectivity index (χ0v) is 10.3. The number of rotatable bonds is 2. The van der Waals surface area contributed by atoms with Gasteiger partial charge >= 0.3 is 0 Å². The second-order valence-corrected chi connectivity index (χ2v) is 5.22. The molecular weight excluding hydrogens is 226 g/mol. The molecule has 0 saturated carbocycles. The van der Waals surface area contributed by atoms with Crippen molar-refractivity contribution in [3.05, 3.63) is 24.4 Å². The first-order chi connectivity index (χ1) is 8.90. The average Bonchev–Trinajstić information content (AvgIpc) is 3.05. The van der Waals surface area contributed by atoms with Crippen molar-refractivity contribution < 1.29 is 0 Å². The molecule has 4 heterocycles. The fourth-order valence-electron chi connectivity index (χ4n) is 3.31. The molecule has 2 unspecified atom stereocenters. The molecule has 2 atom stereocenters. The maximum absolute atomic E-state index is 4.51. The summed E-state index contributed by atoms with van der Waals surface area (Å²) in [5, 5.41) is 7.98. The largest absolute Gasteiger partial charge is 0.349 e. The molecule has 2 aliphatic rings. The van der Waals surface area contributed by atoms with E-state index in [1.54, 1.807) is 0 Å². The van der Waals surface area contributed by atoms with Crippen molar-refractivity contribution in [2.24, 2.45) is 0 Å². The van der Waals surface area contributed by atoms with Gasteiger partial charge < -0.3 is 5.32 Å². The van der Waals surface area contributed by atoms with Gasteiger partial charge in [0.2, 0.25) is 5.95 Å². The molecule has 1 N–H and O–H groups in total. The standard InChI is InChI=1S/C13H17N5/c1-2-8-18-12(5-1)15-13(16-18)14-10-6-9-17-7-3-4-11(10)17/h1-2,5,8,10-11H,3-4,6-7,9H2,(H,14,16). The van der Waals surface area contributed by atoms with E-state index in [0.717, 1.165) is 11.6 Å². The number of hydrogen-bond acceptors (Lipinski definition) is 4. The Labute approximate surface area is 106 Å². The quantitative estimate of drug-likeness (QED) is 0.865.